The highest BCUT2D eigenvalue weighted by Gasteiger charge is 2.66. The van der Waals surface area contributed by atoms with Gasteiger partial charge < -0.3 is 19.5 Å². The van der Waals surface area contributed by atoms with Crippen LogP contribution in [0.5, 0.6) is 5.75 Å². The van der Waals surface area contributed by atoms with Crippen LogP contribution in [0, 0.1) is 5.92 Å². The van der Waals surface area contributed by atoms with E-state index in [1.165, 1.54) is 14.6 Å². The fourth-order valence-electron chi connectivity index (χ4n) is 9.45. The maximum Gasteiger partial charge on any atom is 0.279 e. The number of para-hydroxylation sites is 2. The summed E-state index contributed by atoms with van der Waals surface area (Å²) in [4.78, 5) is 44.3. The molecule has 2 aliphatic heterocycles. The predicted molar refractivity (Wildman–Crippen MR) is 220 cm³/mol. The molecule has 7 aromatic rings. The minimum absolute atomic E-state index is 0.0588. The highest BCUT2D eigenvalue weighted by atomic mass is 28.3. The smallest absolute Gasteiger partial charge is 0.279 e. The first-order valence-electron chi connectivity index (χ1n) is 19.0. The van der Waals surface area contributed by atoms with E-state index < -0.39 is 19.8 Å². The third-order valence-electron chi connectivity index (χ3n) is 12.2. The van der Waals surface area contributed by atoms with Gasteiger partial charge in [-0.15, -0.1) is 0 Å². The van der Waals surface area contributed by atoms with E-state index in [4.69, 9.17) is 9.47 Å². The number of carbonyl (C=O) groups excluding carboxylic acids is 1. The first-order valence-corrected chi connectivity index (χ1v) is 22.0. The van der Waals surface area contributed by atoms with Gasteiger partial charge in [-0.25, -0.2) is 9.36 Å². The van der Waals surface area contributed by atoms with Crippen LogP contribution in [-0.2, 0) is 21.7 Å². The third-order valence-corrected chi connectivity index (χ3v) is 16.5. The summed E-state index contributed by atoms with van der Waals surface area (Å²) in [6, 6.07) is 36.2. The van der Waals surface area contributed by atoms with Crippen LogP contribution >= 0.6 is 0 Å². The number of nitrogens with zero attached hydrogens (tertiary/aromatic N) is 3. The summed E-state index contributed by atoms with van der Waals surface area (Å²) in [5.74, 6) is 0.274. The van der Waals surface area contributed by atoms with Gasteiger partial charge in [0, 0.05) is 18.1 Å². The van der Waals surface area contributed by atoms with Gasteiger partial charge in [-0.05, 0) is 84.3 Å². The van der Waals surface area contributed by atoms with E-state index in [2.05, 4.69) is 42.3 Å². The molecule has 1 amide bonds. The van der Waals surface area contributed by atoms with E-state index in [0.29, 0.717) is 45.3 Å². The van der Waals surface area contributed by atoms with E-state index in [9.17, 15) is 14.7 Å². The number of methoxy groups -OCH3 is 1. The number of anilines is 1. The number of hydrogen-bond acceptors (Lipinski definition) is 6. The van der Waals surface area contributed by atoms with Crippen molar-refractivity contribution in [2.45, 2.75) is 50.2 Å². The Hall–Kier alpha value is -5.95. The molecule has 0 radical (unpaired) electrons. The molecule has 0 saturated carbocycles. The quantitative estimate of drug-likeness (QED) is 0.152. The van der Waals surface area contributed by atoms with Crippen molar-refractivity contribution < 1.29 is 19.4 Å². The molecule has 2 aliphatic rings. The molecule has 4 atom stereocenters. The highest BCUT2D eigenvalue weighted by molar-refractivity contribution is 6.91. The number of benzene rings is 5. The molecule has 9 rings (SSSR count). The summed E-state index contributed by atoms with van der Waals surface area (Å²) in [6.45, 7) is 6.84. The molecule has 2 aromatic heterocycles. The Labute approximate surface area is 323 Å². The lowest BCUT2D eigenvalue weighted by Crippen LogP contribution is -2.51. The molecule has 0 aliphatic carbocycles. The number of H-pyrrole nitrogens is 2. The Bertz CT molecular complexity index is 2770. The molecule has 4 heterocycles. The van der Waals surface area contributed by atoms with Gasteiger partial charge in [0.1, 0.15) is 5.75 Å². The normalized spacial score (nSPS) is 20.8. The number of nitrogens with one attached hydrogen (secondary N) is 2. The van der Waals surface area contributed by atoms with Crippen LogP contribution in [0.2, 0.25) is 18.6 Å². The van der Waals surface area contributed by atoms with Gasteiger partial charge >= 0.3 is 0 Å². The molecule has 1 saturated heterocycles. The van der Waals surface area contributed by atoms with Crippen molar-refractivity contribution in [1.29, 1.82) is 0 Å². The van der Waals surface area contributed by atoms with Crippen molar-refractivity contribution >= 4 is 46.7 Å². The number of carbonyl (C=O) groups is 1. The van der Waals surface area contributed by atoms with Crippen molar-refractivity contribution in [1.82, 2.24) is 19.6 Å². The molecule has 3 N–H and O–H groups in total. The van der Waals surface area contributed by atoms with Crippen LogP contribution in [0.25, 0.3) is 33.2 Å². The van der Waals surface area contributed by atoms with Gasteiger partial charge in [0.25, 0.3) is 17.0 Å². The van der Waals surface area contributed by atoms with Gasteiger partial charge in [-0.3, -0.25) is 24.6 Å². The van der Waals surface area contributed by atoms with Crippen LogP contribution in [0.3, 0.4) is 0 Å². The molecule has 1 fully saturated rings. The molecule has 0 bridgehead atoms. The van der Waals surface area contributed by atoms with Crippen molar-refractivity contribution in [3.05, 3.63) is 147 Å². The van der Waals surface area contributed by atoms with E-state index in [0.717, 1.165) is 16.8 Å². The molecular formula is C44H43N5O6Si. The van der Waals surface area contributed by atoms with Crippen molar-refractivity contribution in [2.24, 2.45) is 5.92 Å². The first kappa shape index (κ1) is 35.7. The zero-order valence-corrected chi connectivity index (χ0v) is 32.7. The predicted octanol–water partition coefficient (Wildman–Crippen LogP) is 6.10. The monoisotopic (exact) mass is 765 g/mol. The lowest BCUT2D eigenvalue weighted by molar-refractivity contribution is -0.146. The van der Waals surface area contributed by atoms with Gasteiger partial charge in [-0.2, -0.15) is 0 Å². The van der Waals surface area contributed by atoms with Gasteiger partial charge in [0.15, 0.2) is 5.60 Å². The topological polar surface area (TPSA) is 135 Å². The number of fused-ring (bicyclic) bond motifs is 4. The molecule has 12 heteroatoms. The Morgan fingerprint density at radius 2 is 1.41 bits per heavy atom. The van der Waals surface area contributed by atoms with Crippen LogP contribution in [0.1, 0.15) is 24.5 Å². The standard InChI is InChI=1S/C44H43N5O6Si/c1-27-40(56(3,4)32-19-17-31(54-2)18-20-32)39(22-23-50)55-44(27)35-25-30(49-42(52)34-13-6-8-15-37(34)46-49)16-21-38(35)47(43(44)53)26-28-10-9-11-29(24-28)48-41(51)33-12-5-7-14-36(33)45-48/h5-21,24-25,27,39-40,45-46,50H,22-23,26H2,1-4H3/t27-,39+,40-,44+/m0/s1. The minimum atomic E-state index is -2.42. The summed E-state index contributed by atoms with van der Waals surface area (Å²) in [5, 5.41) is 19.2. The second kappa shape index (κ2) is 13.4. The number of hydrogen-bond donors (Lipinski definition) is 3. The largest absolute Gasteiger partial charge is 0.497 e. The Morgan fingerprint density at radius 1 is 0.786 bits per heavy atom. The SMILES string of the molecule is COc1ccc([Si](C)(C)[C@@H]2[C@@H](CCO)O[C@]3(C(=O)N(Cc4cccc(-n5[nH]c6ccccc6c5=O)c4)c4ccc(-n5[nH]c6ccccc6c5=O)cc43)[C@H]2C)cc1. The van der Waals surface area contributed by atoms with Crippen molar-refractivity contribution in [2.75, 3.05) is 18.6 Å². The molecular weight excluding hydrogens is 723 g/mol. The van der Waals surface area contributed by atoms with Crippen LogP contribution in [0.15, 0.2) is 125 Å². The Morgan fingerprint density at radius 3 is 2.02 bits per heavy atom. The van der Waals surface area contributed by atoms with E-state index in [1.54, 1.807) is 24.1 Å². The van der Waals surface area contributed by atoms with Crippen molar-refractivity contribution in [3.63, 3.8) is 0 Å². The zero-order chi connectivity index (χ0) is 38.9. The fraction of sp³-hybridized carbons (Fsp3) is 0.250. The number of rotatable bonds is 9. The minimum Gasteiger partial charge on any atom is -0.497 e. The summed E-state index contributed by atoms with van der Waals surface area (Å²) in [6.07, 6.45) is -0.0405. The summed E-state index contributed by atoms with van der Waals surface area (Å²) in [7, 11) is -0.769. The molecule has 284 valence electrons. The van der Waals surface area contributed by atoms with E-state index in [-0.39, 0.29) is 41.6 Å². The van der Waals surface area contributed by atoms with Gasteiger partial charge in [0.2, 0.25) is 0 Å². The Kier molecular flexibility index (Phi) is 8.53. The number of aromatic amines is 2. The molecule has 5 aromatic carbocycles. The second-order valence-corrected chi connectivity index (χ2v) is 20.2. The highest BCUT2D eigenvalue weighted by Crippen LogP contribution is 2.60. The molecule has 11 nitrogen and oxygen atoms in total. The van der Waals surface area contributed by atoms with Crippen molar-refractivity contribution in [3.8, 4) is 17.1 Å². The van der Waals surface area contributed by atoms with Crippen LogP contribution in [-0.4, -0.2) is 58.5 Å². The zero-order valence-electron chi connectivity index (χ0n) is 31.7. The molecule has 1 spiro atoms. The first-order chi connectivity index (χ1) is 27.1. The maximum atomic E-state index is 15.4. The number of aliphatic hydroxyl groups excluding tert-OH is 1. The number of amides is 1. The second-order valence-electron chi connectivity index (χ2n) is 15.5. The van der Waals surface area contributed by atoms with E-state index >= 15 is 4.79 Å². The fourth-order valence-corrected chi connectivity index (χ4v) is 13.5. The van der Waals surface area contributed by atoms with Crippen LogP contribution < -0.4 is 25.9 Å². The van der Waals surface area contributed by atoms with E-state index in [1.807, 2.05) is 91.0 Å². The lowest BCUT2D eigenvalue weighted by atomic mass is 9.82. The van der Waals surface area contributed by atoms with Crippen LogP contribution in [0.4, 0.5) is 5.69 Å². The maximum absolute atomic E-state index is 15.4. The third kappa shape index (κ3) is 5.35. The Balaban J connectivity index is 1.17. The summed E-state index contributed by atoms with van der Waals surface area (Å²) < 4.78 is 15.7. The molecule has 0 unspecified atom stereocenters. The summed E-state index contributed by atoms with van der Waals surface area (Å²) in [5.41, 5.74) is 3.08. The number of aliphatic hydroxyl groups is 1. The summed E-state index contributed by atoms with van der Waals surface area (Å²) >= 11 is 0. The number of ether oxygens (including phenoxy) is 2. The average Bonchev–Trinajstić information content (AvgIpc) is 3.90. The molecule has 56 heavy (non-hydrogen) atoms. The van der Waals surface area contributed by atoms with Gasteiger partial charge in [0.05, 0.1) is 66.7 Å². The number of aromatic nitrogens is 4. The lowest BCUT2D eigenvalue weighted by Gasteiger charge is -2.37. The average molecular weight is 766 g/mol. The van der Waals surface area contributed by atoms with Gasteiger partial charge in [-0.1, -0.05) is 73.7 Å².